The summed E-state index contributed by atoms with van der Waals surface area (Å²) < 4.78 is 6.16. The van der Waals surface area contributed by atoms with E-state index >= 15 is 0 Å². The molecule has 146 valence electrons. The van der Waals surface area contributed by atoms with Gasteiger partial charge in [0, 0.05) is 13.0 Å². The van der Waals surface area contributed by atoms with Gasteiger partial charge in [-0.25, -0.2) is 14.1 Å². The molecule has 2 amide bonds. The second-order valence-electron chi connectivity index (χ2n) is 7.06. The van der Waals surface area contributed by atoms with Gasteiger partial charge >= 0.3 is 0 Å². The van der Waals surface area contributed by atoms with Crippen LogP contribution in [0.4, 0.5) is 0 Å². The van der Waals surface area contributed by atoms with Crippen molar-refractivity contribution in [3.05, 3.63) is 41.1 Å². The third kappa shape index (κ3) is 4.00. The molecule has 10 heteroatoms. The second-order valence-corrected chi connectivity index (χ2v) is 7.06. The zero-order valence-electron chi connectivity index (χ0n) is 15.5. The highest BCUT2D eigenvalue weighted by atomic mass is 16.6. The normalized spacial score (nSPS) is 14.0. The summed E-state index contributed by atoms with van der Waals surface area (Å²) in [6, 6.07) is 1.87. The van der Waals surface area contributed by atoms with Gasteiger partial charge in [-0.2, -0.15) is 5.10 Å². The van der Waals surface area contributed by atoms with E-state index in [4.69, 9.17) is 0 Å². The number of carbonyl (C=O) groups is 2. The first kappa shape index (κ1) is 18.1. The molecule has 3 aromatic rings. The maximum absolute atomic E-state index is 12.1. The molecule has 3 aromatic heterocycles. The van der Waals surface area contributed by atoms with E-state index in [-0.39, 0.29) is 24.1 Å². The van der Waals surface area contributed by atoms with Crippen LogP contribution in [-0.2, 0) is 17.9 Å². The Hall–Kier alpha value is -3.30. The lowest BCUT2D eigenvalue weighted by Crippen LogP contribution is -2.27. The topological polar surface area (TPSA) is 127 Å². The van der Waals surface area contributed by atoms with Crippen molar-refractivity contribution in [3.63, 3.8) is 0 Å². The van der Waals surface area contributed by atoms with Crippen molar-refractivity contribution in [1.82, 2.24) is 35.5 Å². The van der Waals surface area contributed by atoms with Crippen molar-refractivity contribution in [2.24, 2.45) is 5.92 Å². The molecule has 2 N–H and O–H groups in total. The Morgan fingerprint density at radius 3 is 2.82 bits per heavy atom. The zero-order chi connectivity index (χ0) is 19.5. The molecule has 4 rings (SSSR count). The number of carbonyl (C=O) groups excluding carboxylic acids is 2. The van der Waals surface area contributed by atoms with Crippen LogP contribution in [0.3, 0.4) is 0 Å². The summed E-state index contributed by atoms with van der Waals surface area (Å²) in [5.41, 5.74) is 2.76. The van der Waals surface area contributed by atoms with E-state index in [0.29, 0.717) is 35.9 Å². The van der Waals surface area contributed by atoms with Crippen molar-refractivity contribution in [2.75, 3.05) is 0 Å². The molecule has 0 aromatic carbocycles. The zero-order valence-corrected chi connectivity index (χ0v) is 15.5. The first-order valence-electron chi connectivity index (χ1n) is 9.26. The molecule has 1 aliphatic rings. The predicted octanol–water partition coefficient (Wildman–Crippen LogP) is 1.16. The first-order chi connectivity index (χ1) is 13.6. The maximum atomic E-state index is 12.1. The molecule has 0 radical (unpaired) electrons. The van der Waals surface area contributed by atoms with Gasteiger partial charge in [-0.15, -0.1) is 0 Å². The van der Waals surface area contributed by atoms with Crippen molar-refractivity contribution >= 4 is 17.5 Å². The summed E-state index contributed by atoms with van der Waals surface area (Å²) in [6.45, 7) is 2.29. The molecule has 28 heavy (non-hydrogen) atoms. The van der Waals surface area contributed by atoms with Crippen molar-refractivity contribution < 1.29 is 14.2 Å². The summed E-state index contributed by atoms with van der Waals surface area (Å²) in [5.74, 6) is 0.245. The Morgan fingerprint density at radius 1 is 1.25 bits per heavy atom. The number of aryl methyl sites for hydroxylation is 1. The molecular formula is C18H21N7O3. The smallest absolute Gasteiger partial charge is 0.275 e. The largest absolute Gasteiger partial charge is 0.352 e. The van der Waals surface area contributed by atoms with Crippen molar-refractivity contribution in [3.8, 4) is 0 Å². The number of imidazole rings is 1. The Balaban J connectivity index is 1.34. The number of fused-ring (bicyclic) bond motifs is 1. The minimum absolute atomic E-state index is 0.0777. The third-order valence-corrected chi connectivity index (χ3v) is 4.91. The van der Waals surface area contributed by atoms with Gasteiger partial charge in [-0.1, -0.05) is 11.6 Å². The van der Waals surface area contributed by atoms with Crippen LogP contribution < -0.4 is 10.6 Å². The fraction of sp³-hybridized carbons (Fsp3) is 0.444. The molecule has 1 fully saturated rings. The number of hydrogen-bond acceptors (Lipinski definition) is 7. The number of nitrogens with zero attached hydrogens (tertiary/aromatic N) is 5. The fourth-order valence-corrected chi connectivity index (χ4v) is 3.07. The quantitative estimate of drug-likeness (QED) is 0.626. The number of aromatic nitrogens is 5. The average molecular weight is 383 g/mol. The van der Waals surface area contributed by atoms with Gasteiger partial charge in [0.15, 0.2) is 11.3 Å². The second kappa shape index (κ2) is 7.75. The molecule has 0 saturated heterocycles. The van der Waals surface area contributed by atoms with E-state index in [1.54, 1.807) is 23.8 Å². The van der Waals surface area contributed by atoms with E-state index in [1.165, 1.54) is 6.42 Å². The summed E-state index contributed by atoms with van der Waals surface area (Å²) in [4.78, 5) is 28.5. The maximum Gasteiger partial charge on any atom is 0.275 e. The van der Waals surface area contributed by atoms with Gasteiger partial charge in [0.05, 0.1) is 24.6 Å². The summed E-state index contributed by atoms with van der Waals surface area (Å²) >= 11 is 0. The van der Waals surface area contributed by atoms with E-state index in [2.05, 4.69) is 35.7 Å². The SMILES string of the molecule is Cc1nonc1C(=O)NCc1cn2ncc(CNC(=O)CC3CCC3)cc2n1. The van der Waals surface area contributed by atoms with Crippen LogP contribution in [0.2, 0.25) is 0 Å². The lowest BCUT2D eigenvalue weighted by molar-refractivity contribution is -0.122. The molecule has 0 unspecified atom stereocenters. The highest BCUT2D eigenvalue weighted by molar-refractivity contribution is 5.92. The van der Waals surface area contributed by atoms with Gasteiger partial charge in [0.25, 0.3) is 5.91 Å². The predicted molar refractivity (Wildman–Crippen MR) is 97.0 cm³/mol. The third-order valence-electron chi connectivity index (χ3n) is 4.91. The molecule has 3 heterocycles. The summed E-state index contributed by atoms with van der Waals surface area (Å²) in [5, 5.41) is 17.1. The van der Waals surface area contributed by atoms with Crippen LogP contribution in [0.5, 0.6) is 0 Å². The highest BCUT2D eigenvalue weighted by Crippen LogP contribution is 2.29. The lowest BCUT2D eigenvalue weighted by atomic mass is 9.83. The van der Waals surface area contributed by atoms with Crippen LogP contribution >= 0.6 is 0 Å². The highest BCUT2D eigenvalue weighted by Gasteiger charge is 2.20. The van der Waals surface area contributed by atoms with Crippen molar-refractivity contribution in [2.45, 2.75) is 45.7 Å². The standard InChI is InChI=1S/C18H21N7O3/c1-11-17(24-28-23-11)18(27)20-9-14-10-25-15(22-14)5-13(8-21-25)7-19-16(26)6-12-3-2-4-12/h5,8,10,12H,2-4,6-7,9H2,1H3,(H,19,26)(H,20,27). The molecule has 1 aliphatic carbocycles. The monoisotopic (exact) mass is 383 g/mol. The minimum atomic E-state index is -0.376. The molecule has 0 aliphatic heterocycles. The van der Waals surface area contributed by atoms with Gasteiger partial charge < -0.3 is 10.6 Å². The number of hydrogen-bond donors (Lipinski definition) is 2. The average Bonchev–Trinajstić information content (AvgIpc) is 3.26. The summed E-state index contributed by atoms with van der Waals surface area (Å²) in [7, 11) is 0. The molecule has 1 saturated carbocycles. The van der Waals surface area contributed by atoms with E-state index in [0.717, 1.165) is 18.4 Å². The Bertz CT molecular complexity index is 1010. The summed E-state index contributed by atoms with van der Waals surface area (Å²) in [6.07, 6.45) is 7.58. The molecular weight excluding hydrogens is 362 g/mol. The number of amides is 2. The Morgan fingerprint density at radius 2 is 2.11 bits per heavy atom. The van der Waals surface area contributed by atoms with Crippen LogP contribution in [0.15, 0.2) is 23.1 Å². The van der Waals surface area contributed by atoms with Crippen LogP contribution in [0, 0.1) is 12.8 Å². The molecule has 0 spiro atoms. The van der Waals surface area contributed by atoms with Gasteiger partial charge in [0.1, 0.15) is 5.69 Å². The van der Waals surface area contributed by atoms with Crippen LogP contribution in [-0.4, -0.2) is 36.7 Å². The van der Waals surface area contributed by atoms with E-state index in [9.17, 15) is 9.59 Å². The van der Waals surface area contributed by atoms with E-state index < -0.39 is 0 Å². The van der Waals surface area contributed by atoms with E-state index in [1.807, 2.05) is 6.07 Å². The number of rotatable bonds is 7. The molecule has 10 nitrogen and oxygen atoms in total. The Labute approximate surface area is 160 Å². The molecule has 0 bridgehead atoms. The first-order valence-corrected chi connectivity index (χ1v) is 9.26. The van der Waals surface area contributed by atoms with Gasteiger partial charge in [-0.05, 0) is 42.5 Å². The molecule has 0 atom stereocenters. The van der Waals surface area contributed by atoms with Crippen LogP contribution in [0.1, 0.15) is 53.1 Å². The van der Waals surface area contributed by atoms with Crippen molar-refractivity contribution in [1.29, 1.82) is 0 Å². The van der Waals surface area contributed by atoms with Crippen LogP contribution in [0.25, 0.3) is 5.65 Å². The minimum Gasteiger partial charge on any atom is -0.352 e. The number of nitrogens with one attached hydrogen (secondary N) is 2. The fourth-order valence-electron chi connectivity index (χ4n) is 3.07. The van der Waals surface area contributed by atoms with Gasteiger partial charge in [-0.3, -0.25) is 9.59 Å². The lowest BCUT2D eigenvalue weighted by Gasteiger charge is -2.24. The Kier molecular flexibility index (Phi) is 5.00. The van der Waals surface area contributed by atoms with Gasteiger partial charge in [0.2, 0.25) is 5.91 Å².